The van der Waals surface area contributed by atoms with E-state index in [0.29, 0.717) is 5.02 Å². The third-order valence-corrected chi connectivity index (χ3v) is 2.92. The number of halogens is 1. The van der Waals surface area contributed by atoms with Crippen LogP contribution >= 0.6 is 23.8 Å². The molecule has 1 nitrogen and oxygen atoms in total. The fourth-order valence-electron chi connectivity index (χ4n) is 1.59. The lowest BCUT2D eigenvalue weighted by molar-refractivity contribution is 1.24. The standard InChI is InChI=1S/C11H10ClNS/c1-6-3-4-8(12)10-9(14)5-7(2)13-11(6)10/h3-5H,1-2H3,(H,13,14). The van der Waals surface area contributed by atoms with E-state index in [1.165, 1.54) is 5.56 Å². The van der Waals surface area contributed by atoms with Crippen molar-refractivity contribution in [1.82, 2.24) is 4.98 Å². The van der Waals surface area contributed by atoms with Crippen LogP contribution in [0.4, 0.5) is 0 Å². The number of benzene rings is 1. The summed E-state index contributed by atoms with van der Waals surface area (Å²) in [5.74, 6) is 0. The van der Waals surface area contributed by atoms with Gasteiger partial charge in [-0.25, -0.2) is 0 Å². The molecule has 2 rings (SSSR count). The van der Waals surface area contributed by atoms with Gasteiger partial charge in [0.15, 0.2) is 0 Å². The van der Waals surface area contributed by atoms with Crippen LogP contribution in [0.1, 0.15) is 11.3 Å². The van der Waals surface area contributed by atoms with Crippen LogP contribution in [0, 0.1) is 18.4 Å². The van der Waals surface area contributed by atoms with Gasteiger partial charge in [0, 0.05) is 11.1 Å². The number of fused-ring (bicyclic) bond motifs is 1. The third kappa shape index (κ3) is 1.45. The van der Waals surface area contributed by atoms with Gasteiger partial charge in [0.05, 0.1) is 15.0 Å². The number of nitrogens with one attached hydrogen (secondary N) is 1. The lowest BCUT2D eigenvalue weighted by Crippen LogP contribution is -1.88. The molecular formula is C11H10ClNS. The number of pyridine rings is 1. The highest BCUT2D eigenvalue weighted by Crippen LogP contribution is 2.26. The predicted molar refractivity (Wildman–Crippen MR) is 63.6 cm³/mol. The van der Waals surface area contributed by atoms with Gasteiger partial charge in [-0.2, -0.15) is 0 Å². The summed E-state index contributed by atoms with van der Waals surface area (Å²) in [4.78, 5) is 3.29. The fourth-order valence-corrected chi connectivity index (χ4v) is 2.29. The molecule has 1 aromatic carbocycles. The third-order valence-electron chi connectivity index (χ3n) is 2.28. The number of aromatic amines is 1. The van der Waals surface area contributed by atoms with Crippen molar-refractivity contribution in [2.24, 2.45) is 0 Å². The van der Waals surface area contributed by atoms with Crippen molar-refractivity contribution in [2.75, 3.05) is 0 Å². The maximum absolute atomic E-state index is 6.10. The van der Waals surface area contributed by atoms with Gasteiger partial charge in [-0.3, -0.25) is 0 Å². The molecule has 1 aromatic heterocycles. The summed E-state index contributed by atoms with van der Waals surface area (Å²) in [6.45, 7) is 4.04. The number of rotatable bonds is 0. The van der Waals surface area contributed by atoms with Crippen LogP contribution in [0.2, 0.25) is 5.02 Å². The molecule has 0 fully saturated rings. The molecule has 0 atom stereocenters. The molecule has 0 saturated carbocycles. The summed E-state index contributed by atoms with van der Waals surface area (Å²) in [5.41, 5.74) is 3.27. The van der Waals surface area contributed by atoms with Gasteiger partial charge in [-0.1, -0.05) is 29.9 Å². The SMILES string of the molecule is Cc1cc(=S)c2c(Cl)ccc(C)c2[nH]1. The Labute approximate surface area is 92.7 Å². The maximum atomic E-state index is 6.10. The Kier molecular flexibility index (Phi) is 2.33. The van der Waals surface area contributed by atoms with Gasteiger partial charge in [-0.15, -0.1) is 0 Å². The minimum absolute atomic E-state index is 0.715. The molecule has 0 aliphatic rings. The van der Waals surface area contributed by atoms with E-state index in [9.17, 15) is 0 Å². The highest BCUT2D eigenvalue weighted by molar-refractivity contribution is 7.71. The molecule has 1 heterocycles. The Balaban J connectivity index is 3.08. The molecule has 0 radical (unpaired) electrons. The molecule has 3 heteroatoms. The van der Waals surface area contributed by atoms with E-state index in [4.69, 9.17) is 23.8 Å². The molecule has 2 aromatic rings. The quantitative estimate of drug-likeness (QED) is 0.663. The molecule has 0 saturated heterocycles. The molecule has 72 valence electrons. The van der Waals surface area contributed by atoms with Crippen molar-refractivity contribution >= 4 is 34.7 Å². The van der Waals surface area contributed by atoms with E-state index in [1.807, 2.05) is 32.0 Å². The lowest BCUT2D eigenvalue weighted by Gasteiger charge is -2.06. The van der Waals surface area contributed by atoms with Crippen LogP contribution in [0.5, 0.6) is 0 Å². The molecule has 1 N–H and O–H groups in total. The van der Waals surface area contributed by atoms with Gasteiger partial charge in [0.25, 0.3) is 0 Å². The molecule has 14 heavy (non-hydrogen) atoms. The molecular weight excluding hydrogens is 214 g/mol. The summed E-state index contributed by atoms with van der Waals surface area (Å²) in [5, 5.41) is 1.67. The maximum Gasteiger partial charge on any atom is 0.0514 e. The Morgan fingerprint density at radius 3 is 2.71 bits per heavy atom. The summed E-state index contributed by atoms with van der Waals surface area (Å²) >= 11 is 11.4. The van der Waals surface area contributed by atoms with Crippen molar-refractivity contribution in [1.29, 1.82) is 0 Å². The lowest BCUT2D eigenvalue weighted by atomic mass is 10.1. The smallest absolute Gasteiger partial charge is 0.0514 e. The van der Waals surface area contributed by atoms with E-state index in [0.717, 1.165) is 21.1 Å². The molecule has 0 spiro atoms. The first-order chi connectivity index (χ1) is 6.59. The first-order valence-electron chi connectivity index (χ1n) is 4.38. The Morgan fingerprint density at radius 2 is 2.00 bits per heavy atom. The van der Waals surface area contributed by atoms with Gasteiger partial charge in [0.2, 0.25) is 0 Å². The summed E-state index contributed by atoms with van der Waals surface area (Å²) < 4.78 is 0.810. The van der Waals surface area contributed by atoms with Crippen LogP contribution in [-0.2, 0) is 0 Å². The highest BCUT2D eigenvalue weighted by atomic mass is 35.5. The van der Waals surface area contributed by atoms with Crippen molar-refractivity contribution in [3.63, 3.8) is 0 Å². The largest absolute Gasteiger partial charge is 0.358 e. The molecule has 0 bridgehead atoms. The van der Waals surface area contributed by atoms with E-state index in [2.05, 4.69) is 4.98 Å². The van der Waals surface area contributed by atoms with Crippen LogP contribution in [-0.4, -0.2) is 4.98 Å². The van der Waals surface area contributed by atoms with Gasteiger partial charge < -0.3 is 4.98 Å². The normalized spacial score (nSPS) is 10.8. The summed E-state index contributed by atoms with van der Waals surface area (Å²) in [7, 11) is 0. The number of hydrogen-bond donors (Lipinski definition) is 1. The van der Waals surface area contributed by atoms with E-state index < -0.39 is 0 Å². The topological polar surface area (TPSA) is 15.8 Å². The molecule has 0 amide bonds. The second kappa shape index (κ2) is 3.37. The molecule has 0 unspecified atom stereocenters. The van der Waals surface area contributed by atoms with E-state index in [-0.39, 0.29) is 0 Å². The van der Waals surface area contributed by atoms with Crippen LogP contribution in [0.3, 0.4) is 0 Å². The zero-order chi connectivity index (χ0) is 10.3. The Bertz CT molecular complexity index is 557. The summed E-state index contributed by atoms with van der Waals surface area (Å²) in [6.07, 6.45) is 0. The van der Waals surface area contributed by atoms with Crippen molar-refractivity contribution in [2.45, 2.75) is 13.8 Å². The van der Waals surface area contributed by atoms with Crippen molar-refractivity contribution in [3.05, 3.63) is 39.0 Å². The van der Waals surface area contributed by atoms with Crippen LogP contribution in [0.25, 0.3) is 10.9 Å². The Morgan fingerprint density at radius 1 is 1.29 bits per heavy atom. The fraction of sp³-hybridized carbons (Fsp3) is 0.182. The first kappa shape index (κ1) is 9.69. The van der Waals surface area contributed by atoms with Gasteiger partial charge in [0.1, 0.15) is 0 Å². The van der Waals surface area contributed by atoms with Crippen LogP contribution < -0.4 is 0 Å². The molecule has 0 aliphatic carbocycles. The minimum Gasteiger partial charge on any atom is -0.358 e. The number of H-pyrrole nitrogens is 1. The average molecular weight is 224 g/mol. The van der Waals surface area contributed by atoms with Gasteiger partial charge >= 0.3 is 0 Å². The average Bonchev–Trinajstić information content (AvgIpc) is 2.10. The number of hydrogen-bond acceptors (Lipinski definition) is 1. The zero-order valence-electron chi connectivity index (χ0n) is 8.02. The van der Waals surface area contributed by atoms with E-state index in [1.54, 1.807) is 0 Å². The number of aryl methyl sites for hydroxylation is 2. The second-order valence-corrected chi connectivity index (χ2v) is 4.28. The minimum atomic E-state index is 0.715. The molecule has 0 aliphatic heterocycles. The zero-order valence-corrected chi connectivity index (χ0v) is 9.59. The monoisotopic (exact) mass is 223 g/mol. The second-order valence-electron chi connectivity index (χ2n) is 3.43. The Hall–Kier alpha value is -0.860. The highest BCUT2D eigenvalue weighted by Gasteiger charge is 2.04. The summed E-state index contributed by atoms with van der Waals surface area (Å²) in [6, 6.07) is 5.82. The van der Waals surface area contributed by atoms with Crippen LogP contribution in [0.15, 0.2) is 18.2 Å². The van der Waals surface area contributed by atoms with E-state index >= 15 is 0 Å². The number of aromatic nitrogens is 1. The predicted octanol–water partition coefficient (Wildman–Crippen LogP) is 4.17. The first-order valence-corrected chi connectivity index (χ1v) is 5.17. The van der Waals surface area contributed by atoms with Crippen molar-refractivity contribution in [3.8, 4) is 0 Å². The van der Waals surface area contributed by atoms with Crippen molar-refractivity contribution < 1.29 is 0 Å². The van der Waals surface area contributed by atoms with Gasteiger partial charge in [-0.05, 0) is 31.5 Å².